The Balaban J connectivity index is 1.50. The highest BCUT2D eigenvalue weighted by atomic mass is 32.2. The lowest BCUT2D eigenvalue weighted by atomic mass is 10.0. The van der Waals surface area contributed by atoms with Crippen molar-refractivity contribution < 1.29 is 4.79 Å². The van der Waals surface area contributed by atoms with Crippen LogP contribution < -0.4 is 5.32 Å². The molecule has 2 aromatic heterocycles. The first-order valence-corrected chi connectivity index (χ1v) is 14.4. The molecule has 6 nitrogen and oxygen atoms in total. The van der Waals surface area contributed by atoms with Gasteiger partial charge < -0.3 is 14.8 Å². The van der Waals surface area contributed by atoms with Gasteiger partial charge in [-0.05, 0) is 79.3 Å². The number of fused-ring (bicyclic) bond motifs is 3. The van der Waals surface area contributed by atoms with E-state index in [9.17, 15) is 4.79 Å². The summed E-state index contributed by atoms with van der Waals surface area (Å²) in [5.74, 6) is 0.965. The average molecular weight is 534 g/mol. The van der Waals surface area contributed by atoms with Crippen LogP contribution >= 0.6 is 11.8 Å². The van der Waals surface area contributed by atoms with Gasteiger partial charge in [0.2, 0.25) is 0 Å². The lowest BCUT2D eigenvalue weighted by Gasteiger charge is -2.31. The van der Waals surface area contributed by atoms with Gasteiger partial charge in [-0.15, -0.1) is 11.8 Å². The summed E-state index contributed by atoms with van der Waals surface area (Å²) in [6.07, 6.45) is 5.10. The second kappa shape index (κ2) is 10.5. The van der Waals surface area contributed by atoms with Crippen LogP contribution in [0.4, 0.5) is 10.5 Å². The third-order valence-electron chi connectivity index (χ3n) is 7.39. The van der Waals surface area contributed by atoms with Crippen LogP contribution in [0.1, 0.15) is 41.0 Å². The molecule has 7 heteroatoms. The highest BCUT2D eigenvalue weighted by Crippen LogP contribution is 2.39. The summed E-state index contributed by atoms with van der Waals surface area (Å²) in [6.45, 7) is 4.57. The summed E-state index contributed by atoms with van der Waals surface area (Å²) in [6, 6.07) is 30.5. The van der Waals surface area contributed by atoms with Crippen molar-refractivity contribution in [2.75, 3.05) is 11.6 Å². The number of carbonyl (C=O) groups excluding carboxylic acids is 1. The molecule has 3 heterocycles. The highest BCUT2D eigenvalue weighted by molar-refractivity contribution is 7.98. The van der Waals surface area contributed by atoms with E-state index in [0.29, 0.717) is 6.54 Å². The van der Waals surface area contributed by atoms with Crippen LogP contribution in [0.5, 0.6) is 0 Å². The number of carbonyl (C=O) groups is 1. The van der Waals surface area contributed by atoms with Crippen LogP contribution in [0.25, 0.3) is 11.5 Å². The molecule has 6 rings (SSSR count). The molecule has 1 N–H and O–H groups in total. The van der Waals surface area contributed by atoms with E-state index < -0.39 is 0 Å². The van der Waals surface area contributed by atoms with Gasteiger partial charge in [0.05, 0.1) is 29.7 Å². The molecule has 0 aliphatic carbocycles. The Morgan fingerprint density at radius 3 is 2.41 bits per heavy atom. The number of aromatic nitrogens is 3. The molecule has 1 atom stereocenters. The quantitative estimate of drug-likeness (QED) is 0.240. The van der Waals surface area contributed by atoms with Gasteiger partial charge in [0.25, 0.3) is 0 Å². The third-order valence-corrected chi connectivity index (χ3v) is 8.14. The van der Waals surface area contributed by atoms with E-state index >= 15 is 0 Å². The summed E-state index contributed by atoms with van der Waals surface area (Å²) >= 11 is 1.71. The number of thioether (sulfide) groups is 1. The molecule has 1 aliphatic rings. The number of benzene rings is 3. The second-order valence-corrected chi connectivity index (χ2v) is 10.6. The van der Waals surface area contributed by atoms with Crippen molar-refractivity contribution in [1.82, 2.24) is 19.2 Å². The molecular formula is C32H31N5OS. The number of amides is 2. The predicted octanol–water partition coefficient (Wildman–Crippen LogP) is 7.39. The first-order chi connectivity index (χ1) is 19.1. The molecule has 2 amide bonds. The van der Waals surface area contributed by atoms with Gasteiger partial charge in [0.1, 0.15) is 5.82 Å². The number of anilines is 1. The SMILES string of the molecule is CCc1ccc(NC(=O)N2Cc3c(C)nn(-c4ccccc4)c3-n3cccc3[C@@H]2c2ccc(SC)cc2)cc1. The van der Waals surface area contributed by atoms with E-state index in [4.69, 9.17) is 5.10 Å². The molecule has 0 fully saturated rings. The molecule has 5 aromatic rings. The van der Waals surface area contributed by atoms with Crippen LogP contribution in [0, 0.1) is 6.92 Å². The Bertz CT molecular complexity index is 1600. The molecular weight excluding hydrogens is 502 g/mol. The number of nitrogens with zero attached hydrogens (tertiary/aromatic N) is 4. The van der Waals surface area contributed by atoms with Crippen molar-refractivity contribution in [3.63, 3.8) is 0 Å². The number of hydrogen-bond acceptors (Lipinski definition) is 3. The topological polar surface area (TPSA) is 55.1 Å². The Morgan fingerprint density at radius 2 is 1.72 bits per heavy atom. The van der Waals surface area contributed by atoms with Gasteiger partial charge in [0.15, 0.2) is 0 Å². The monoisotopic (exact) mass is 533 g/mol. The van der Waals surface area contributed by atoms with Gasteiger partial charge in [-0.25, -0.2) is 9.48 Å². The number of urea groups is 1. The first kappa shape index (κ1) is 25.1. The maximum absolute atomic E-state index is 14.1. The molecule has 0 unspecified atom stereocenters. The largest absolute Gasteiger partial charge is 0.322 e. The Kier molecular flexibility index (Phi) is 6.75. The van der Waals surface area contributed by atoms with E-state index in [0.717, 1.165) is 46.1 Å². The van der Waals surface area contributed by atoms with Gasteiger partial charge in [0, 0.05) is 22.3 Å². The van der Waals surface area contributed by atoms with E-state index in [2.05, 4.69) is 83.9 Å². The normalized spacial score (nSPS) is 14.4. The van der Waals surface area contributed by atoms with Crippen LogP contribution in [0.15, 0.2) is 102 Å². The number of para-hydroxylation sites is 1. The van der Waals surface area contributed by atoms with E-state index in [1.165, 1.54) is 10.5 Å². The average Bonchev–Trinajstić information content (AvgIpc) is 3.54. The minimum Gasteiger partial charge on any atom is -0.308 e. The Hall–Kier alpha value is -4.23. The fraction of sp³-hybridized carbons (Fsp3) is 0.188. The van der Waals surface area contributed by atoms with Crippen molar-refractivity contribution >= 4 is 23.5 Å². The van der Waals surface area contributed by atoms with E-state index in [1.807, 2.05) is 52.9 Å². The molecule has 0 saturated carbocycles. The summed E-state index contributed by atoms with van der Waals surface area (Å²) in [4.78, 5) is 17.2. The zero-order valence-corrected chi connectivity index (χ0v) is 23.2. The number of hydrogen-bond donors (Lipinski definition) is 1. The molecule has 1 aliphatic heterocycles. The van der Waals surface area contributed by atoms with Crippen LogP contribution in [-0.2, 0) is 13.0 Å². The van der Waals surface area contributed by atoms with Crippen molar-refractivity contribution in [2.45, 2.75) is 37.8 Å². The summed E-state index contributed by atoms with van der Waals surface area (Å²) in [5, 5.41) is 8.11. The predicted molar refractivity (Wildman–Crippen MR) is 158 cm³/mol. The standard InChI is InChI=1S/C32H31N5OS/c1-4-23-12-16-25(17-13-23)33-32(38)36-21-28-22(2)34-37(26-9-6-5-7-10-26)31(28)35-20-8-11-29(35)30(36)24-14-18-27(39-3)19-15-24/h5-20,30H,4,21H2,1-3H3,(H,33,38)/t30-/m0/s1. The fourth-order valence-corrected chi connectivity index (χ4v) is 5.71. The summed E-state index contributed by atoms with van der Waals surface area (Å²) in [7, 11) is 0. The van der Waals surface area contributed by atoms with Gasteiger partial charge in [-0.3, -0.25) is 0 Å². The molecule has 0 spiro atoms. The van der Waals surface area contributed by atoms with Crippen LogP contribution in [0.3, 0.4) is 0 Å². The lowest BCUT2D eigenvalue weighted by molar-refractivity contribution is 0.194. The van der Waals surface area contributed by atoms with E-state index in [-0.39, 0.29) is 12.1 Å². The number of aryl methyl sites for hydroxylation is 2. The fourth-order valence-electron chi connectivity index (χ4n) is 5.31. The Morgan fingerprint density at radius 1 is 0.974 bits per heavy atom. The number of rotatable bonds is 5. The summed E-state index contributed by atoms with van der Waals surface area (Å²) in [5.41, 5.74) is 7.00. The van der Waals surface area contributed by atoms with Crippen molar-refractivity contribution in [3.8, 4) is 11.5 Å². The van der Waals surface area contributed by atoms with Crippen molar-refractivity contribution in [2.24, 2.45) is 0 Å². The van der Waals surface area contributed by atoms with Crippen LogP contribution in [-0.4, -0.2) is 31.5 Å². The molecule has 39 heavy (non-hydrogen) atoms. The molecule has 0 bridgehead atoms. The van der Waals surface area contributed by atoms with Gasteiger partial charge >= 0.3 is 6.03 Å². The van der Waals surface area contributed by atoms with Crippen molar-refractivity contribution in [3.05, 3.63) is 125 Å². The minimum absolute atomic E-state index is 0.148. The third kappa shape index (κ3) is 4.63. The maximum atomic E-state index is 14.1. The van der Waals surface area contributed by atoms with E-state index in [1.54, 1.807) is 11.8 Å². The molecule has 0 radical (unpaired) electrons. The summed E-state index contributed by atoms with van der Waals surface area (Å²) < 4.78 is 4.19. The minimum atomic E-state index is -0.290. The maximum Gasteiger partial charge on any atom is 0.322 e. The van der Waals surface area contributed by atoms with Crippen LogP contribution in [0.2, 0.25) is 0 Å². The smallest absolute Gasteiger partial charge is 0.308 e. The van der Waals surface area contributed by atoms with Crippen molar-refractivity contribution in [1.29, 1.82) is 0 Å². The van der Waals surface area contributed by atoms with Gasteiger partial charge in [-0.1, -0.05) is 49.4 Å². The molecule has 0 saturated heterocycles. The Labute approximate surface area is 233 Å². The molecule has 3 aromatic carbocycles. The zero-order chi connectivity index (χ0) is 26.9. The number of nitrogens with one attached hydrogen (secondary N) is 1. The molecule has 196 valence electrons. The van der Waals surface area contributed by atoms with Gasteiger partial charge in [-0.2, -0.15) is 5.10 Å². The zero-order valence-electron chi connectivity index (χ0n) is 22.3. The first-order valence-electron chi connectivity index (χ1n) is 13.2. The highest BCUT2D eigenvalue weighted by Gasteiger charge is 2.36. The second-order valence-electron chi connectivity index (χ2n) is 9.72. The lowest BCUT2D eigenvalue weighted by Crippen LogP contribution is -2.38.